The van der Waals surface area contributed by atoms with E-state index in [9.17, 15) is 4.79 Å². The van der Waals surface area contributed by atoms with Gasteiger partial charge in [-0.2, -0.15) is 0 Å². The molecule has 1 amide bonds. The molecule has 0 radical (unpaired) electrons. The molecule has 0 aliphatic carbocycles. The van der Waals surface area contributed by atoms with E-state index < -0.39 is 0 Å². The van der Waals surface area contributed by atoms with Crippen LogP contribution in [0.3, 0.4) is 0 Å². The lowest BCUT2D eigenvalue weighted by Gasteiger charge is -2.18. The standard InChI is InChI=1S/C15H14BrN3O/c1-9(10-4-6-17-7-5-10)18-14-12-3-2-11(16)8-13(12)19-15(14)20/h2-9,14,18H,1H3,(H,19,20). The summed E-state index contributed by atoms with van der Waals surface area (Å²) in [5, 5.41) is 6.27. The van der Waals surface area contributed by atoms with E-state index in [2.05, 4.69) is 31.5 Å². The van der Waals surface area contributed by atoms with Crippen molar-refractivity contribution < 1.29 is 4.79 Å². The second kappa shape index (κ2) is 5.34. The van der Waals surface area contributed by atoms with Crippen molar-refractivity contribution in [1.29, 1.82) is 0 Å². The lowest BCUT2D eigenvalue weighted by molar-refractivity contribution is -0.117. The Morgan fingerprint density at radius 3 is 2.80 bits per heavy atom. The quantitative estimate of drug-likeness (QED) is 0.908. The fraction of sp³-hybridized carbons (Fsp3) is 0.200. The summed E-state index contributed by atoms with van der Waals surface area (Å²) in [4.78, 5) is 16.1. The van der Waals surface area contributed by atoms with Gasteiger partial charge in [0.25, 0.3) is 0 Å². The van der Waals surface area contributed by atoms with Crippen LogP contribution in [-0.2, 0) is 4.79 Å². The first-order valence-corrected chi connectivity index (χ1v) is 7.21. The van der Waals surface area contributed by atoms with Crippen LogP contribution >= 0.6 is 15.9 Å². The maximum absolute atomic E-state index is 12.1. The minimum atomic E-state index is -0.318. The molecule has 0 bridgehead atoms. The number of rotatable bonds is 3. The lowest BCUT2D eigenvalue weighted by Crippen LogP contribution is -2.29. The molecule has 2 aromatic rings. The average Bonchev–Trinajstić information content (AvgIpc) is 2.75. The molecule has 0 fully saturated rings. The van der Waals surface area contributed by atoms with Gasteiger partial charge in [0.05, 0.1) is 0 Å². The molecule has 1 aliphatic rings. The number of nitrogens with one attached hydrogen (secondary N) is 2. The molecule has 3 rings (SSSR count). The Morgan fingerprint density at radius 2 is 2.05 bits per heavy atom. The Morgan fingerprint density at radius 1 is 1.30 bits per heavy atom. The molecule has 102 valence electrons. The van der Waals surface area contributed by atoms with Gasteiger partial charge in [0.15, 0.2) is 0 Å². The number of amides is 1. The average molecular weight is 332 g/mol. The molecule has 20 heavy (non-hydrogen) atoms. The number of hydrogen-bond acceptors (Lipinski definition) is 3. The molecule has 2 N–H and O–H groups in total. The largest absolute Gasteiger partial charge is 0.324 e. The van der Waals surface area contributed by atoms with Crippen molar-refractivity contribution in [3.05, 3.63) is 58.3 Å². The Bertz CT molecular complexity index is 645. The van der Waals surface area contributed by atoms with Crippen LogP contribution in [0.4, 0.5) is 5.69 Å². The molecule has 5 heteroatoms. The lowest BCUT2D eigenvalue weighted by atomic mass is 10.0. The summed E-state index contributed by atoms with van der Waals surface area (Å²) < 4.78 is 0.958. The summed E-state index contributed by atoms with van der Waals surface area (Å²) in [5.41, 5.74) is 2.96. The van der Waals surface area contributed by atoms with Crippen molar-refractivity contribution >= 4 is 27.5 Å². The van der Waals surface area contributed by atoms with Crippen LogP contribution in [0.1, 0.15) is 30.1 Å². The van der Waals surface area contributed by atoms with Crippen molar-refractivity contribution in [1.82, 2.24) is 10.3 Å². The number of pyridine rings is 1. The molecular formula is C15H14BrN3O. The van der Waals surface area contributed by atoms with Crippen LogP contribution in [0.2, 0.25) is 0 Å². The fourth-order valence-electron chi connectivity index (χ4n) is 2.40. The second-order valence-electron chi connectivity index (χ2n) is 4.82. The number of hydrogen-bond donors (Lipinski definition) is 2. The second-order valence-corrected chi connectivity index (χ2v) is 5.74. The van der Waals surface area contributed by atoms with Gasteiger partial charge >= 0.3 is 0 Å². The third-order valence-electron chi connectivity index (χ3n) is 3.47. The molecule has 0 saturated heterocycles. The van der Waals surface area contributed by atoms with E-state index >= 15 is 0 Å². The van der Waals surface area contributed by atoms with Crippen LogP contribution in [-0.4, -0.2) is 10.9 Å². The highest BCUT2D eigenvalue weighted by Gasteiger charge is 2.31. The summed E-state index contributed by atoms with van der Waals surface area (Å²) in [6.07, 6.45) is 3.51. The van der Waals surface area contributed by atoms with Crippen LogP contribution < -0.4 is 10.6 Å². The summed E-state index contributed by atoms with van der Waals surface area (Å²) in [6, 6.07) is 9.50. The summed E-state index contributed by atoms with van der Waals surface area (Å²) in [7, 11) is 0. The van der Waals surface area contributed by atoms with Crippen molar-refractivity contribution in [2.45, 2.75) is 19.0 Å². The highest BCUT2D eigenvalue weighted by Crippen LogP contribution is 2.34. The molecule has 2 atom stereocenters. The van der Waals surface area contributed by atoms with E-state index in [0.29, 0.717) is 0 Å². The molecular weight excluding hydrogens is 318 g/mol. The van der Waals surface area contributed by atoms with E-state index in [-0.39, 0.29) is 18.0 Å². The van der Waals surface area contributed by atoms with Crippen LogP contribution in [0, 0.1) is 0 Å². The number of carbonyl (C=O) groups excluding carboxylic acids is 1. The Balaban J connectivity index is 1.84. The first kappa shape index (κ1) is 13.3. The number of nitrogens with zero attached hydrogens (tertiary/aromatic N) is 1. The number of aromatic nitrogens is 1. The van der Waals surface area contributed by atoms with E-state index in [0.717, 1.165) is 21.3 Å². The summed E-state index contributed by atoms with van der Waals surface area (Å²) >= 11 is 3.41. The van der Waals surface area contributed by atoms with Gasteiger partial charge in [0, 0.05) is 34.2 Å². The fourth-order valence-corrected chi connectivity index (χ4v) is 2.76. The minimum Gasteiger partial charge on any atom is -0.324 e. The molecule has 0 spiro atoms. The first-order valence-electron chi connectivity index (χ1n) is 6.41. The Hall–Kier alpha value is -1.72. The van der Waals surface area contributed by atoms with Gasteiger partial charge in [-0.1, -0.05) is 22.0 Å². The summed E-state index contributed by atoms with van der Waals surface area (Å²) in [5.74, 6) is -0.0148. The zero-order chi connectivity index (χ0) is 14.1. The Labute approximate surface area is 125 Å². The van der Waals surface area contributed by atoms with Gasteiger partial charge in [-0.3, -0.25) is 15.1 Å². The third kappa shape index (κ3) is 2.46. The predicted octanol–water partition coefficient (Wildman–Crippen LogP) is 3.19. The highest BCUT2D eigenvalue weighted by molar-refractivity contribution is 9.10. The topological polar surface area (TPSA) is 54.0 Å². The minimum absolute atomic E-state index is 0.0148. The number of halogens is 1. The van der Waals surface area contributed by atoms with E-state index in [1.165, 1.54) is 0 Å². The SMILES string of the molecule is CC(NC1C(=O)Nc2cc(Br)ccc21)c1ccncc1. The number of benzene rings is 1. The van der Waals surface area contributed by atoms with Crippen LogP contribution in [0.25, 0.3) is 0 Å². The number of anilines is 1. The van der Waals surface area contributed by atoms with Gasteiger partial charge in [-0.15, -0.1) is 0 Å². The van der Waals surface area contributed by atoms with Crippen LogP contribution in [0.15, 0.2) is 47.2 Å². The molecule has 1 aromatic carbocycles. The molecule has 2 heterocycles. The summed E-state index contributed by atoms with van der Waals surface area (Å²) in [6.45, 7) is 2.04. The molecule has 1 aliphatic heterocycles. The molecule has 1 aromatic heterocycles. The number of fused-ring (bicyclic) bond motifs is 1. The number of carbonyl (C=O) groups is 1. The maximum Gasteiger partial charge on any atom is 0.246 e. The molecule has 4 nitrogen and oxygen atoms in total. The van der Waals surface area contributed by atoms with Gasteiger partial charge in [-0.05, 0) is 36.8 Å². The van der Waals surface area contributed by atoms with Crippen molar-refractivity contribution in [3.63, 3.8) is 0 Å². The van der Waals surface area contributed by atoms with E-state index in [1.54, 1.807) is 12.4 Å². The predicted molar refractivity (Wildman–Crippen MR) is 81.3 cm³/mol. The van der Waals surface area contributed by atoms with Gasteiger partial charge < -0.3 is 5.32 Å². The first-order chi connectivity index (χ1) is 9.65. The molecule has 2 unspecified atom stereocenters. The molecule has 0 saturated carbocycles. The normalized spacial score (nSPS) is 18.5. The third-order valence-corrected chi connectivity index (χ3v) is 3.96. The zero-order valence-electron chi connectivity index (χ0n) is 10.9. The van der Waals surface area contributed by atoms with E-state index in [1.807, 2.05) is 37.3 Å². The van der Waals surface area contributed by atoms with Gasteiger partial charge in [0.2, 0.25) is 5.91 Å². The van der Waals surface area contributed by atoms with Crippen molar-refractivity contribution in [3.8, 4) is 0 Å². The van der Waals surface area contributed by atoms with Crippen molar-refractivity contribution in [2.24, 2.45) is 0 Å². The Kier molecular flexibility index (Phi) is 3.54. The van der Waals surface area contributed by atoms with Gasteiger partial charge in [0.1, 0.15) is 6.04 Å². The zero-order valence-corrected chi connectivity index (χ0v) is 12.5. The highest BCUT2D eigenvalue weighted by atomic mass is 79.9. The van der Waals surface area contributed by atoms with Crippen molar-refractivity contribution in [2.75, 3.05) is 5.32 Å². The van der Waals surface area contributed by atoms with Gasteiger partial charge in [-0.25, -0.2) is 0 Å². The maximum atomic E-state index is 12.1. The van der Waals surface area contributed by atoms with Crippen LogP contribution in [0.5, 0.6) is 0 Å². The smallest absolute Gasteiger partial charge is 0.246 e. The monoisotopic (exact) mass is 331 g/mol. The van der Waals surface area contributed by atoms with E-state index in [4.69, 9.17) is 0 Å².